The van der Waals surface area contributed by atoms with Crippen molar-refractivity contribution in [3.8, 4) is 0 Å². The van der Waals surface area contributed by atoms with Crippen molar-refractivity contribution in [3.05, 3.63) is 23.3 Å². The summed E-state index contributed by atoms with van der Waals surface area (Å²) >= 11 is 0. The molecule has 0 N–H and O–H groups in total. The predicted octanol–water partition coefficient (Wildman–Crippen LogP) is 5.15. The van der Waals surface area contributed by atoms with Crippen molar-refractivity contribution in [2.45, 2.75) is 140 Å². The third-order valence-corrected chi connectivity index (χ3v) is 15.2. The van der Waals surface area contributed by atoms with E-state index in [4.69, 9.17) is 0 Å². The Morgan fingerprint density at radius 3 is 0.983 bits per heavy atom. The fraction of sp³-hybridized carbons (Fsp3) is 0.707. The van der Waals surface area contributed by atoms with E-state index >= 15 is 26.3 Å². The van der Waals surface area contributed by atoms with Crippen LogP contribution in [0.4, 0.5) is 26.3 Å². The molecule has 0 spiro atoms. The lowest BCUT2D eigenvalue weighted by atomic mass is 9.54. The Kier molecular flexibility index (Phi) is 10.1. The summed E-state index contributed by atoms with van der Waals surface area (Å²) in [5.74, 6) is -13.9. The Morgan fingerprint density at radius 2 is 0.712 bits per heavy atom. The first kappa shape index (κ1) is 41.4. The van der Waals surface area contributed by atoms with E-state index in [-0.39, 0.29) is 75.4 Å². The van der Waals surface area contributed by atoms with E-state index in [1.807, 2.05) is 0 Å². The van der Waals surface area contributed by atoms with Crippen LogP contribution in [0.1, 0.15) is 104 Å². The second kappa shape index (κ2) is 14.4. The molecule has 0 aromatic heterocycles. The number of nitrogens with zero attached hydrogens (tertiary/aromatic N) is 4. The Bertz CT molecular complexity index is 1820. The van der Waals surface area contributed by atoms with E-state index in [2.05, 4.69) is 0 Å². The predicted molar refractivity (Wildman–Crippen MR) is 190 cm³/mol. The molecule has 2 saturated heterocycles. The van der Waals surface area contributed by atoms with Gasteiger partial charge in [-0.2, -0.15) is 26.3 Å². The molecule has 8 amide bonds. The van der Waals surface area contributed by atoms with Crippen molar-refractivity contribution < 1.29 is 64.7 Å². The summed E-state index contributed by atoms with van der Waals surface area (Å²) in [6, 6.07) is -2.31. The van der Waals surface area contributed by atoms with Crippen LogP contribution in [-0.2, 0) is 38.4 Å². The van der Waals surface area contributed by atoms with Crippen LogP contribution in [0.2, 0.25) is 0 Å². The van der Waals surface area contributed by atoms with Gasteiger partial charge >= 0.3 is 12.4 Å². The van der Waals surface area contributed by atoms with Crippen LogP contribution in [0, 0.1) is 40.9 Å². The van der Waals surface area contributed by atoms with Gasteiger partial charge in [0.1, 0.15) is 0 Å². The lowest BCUT2D eigenvalue weighted by Gasteiger charge is -2.52. The van der Waals surface area contributed by atoms with E-state index in [0.717, 1.165) is 19.6 Å². The number of fused-ring (bicyclic) bond motifs is 2. The molecular weight excluding hydrogens is 790 g/mol. The van der Waals surface area contributed by atoms with E-state index in [1.54, 1.807) is 0 Å². The molecule has 4 heterocycles. The minimum Gasteiger partial charge on any atom is -0.279 e. The van der Waals surface area contributed by atoms with Gasteiger partial charge in [-0.25, -0.2) is 0 Å². The summed E-state index contributed by atoms with van der Waals surface area (Å²) in [7, 11) is 0. The Labute approximate surface area is 335 Å². The average Bonchev–Trinajstić information content (AvgIpc) is 3.78. The van der Waals surface area contributed by atoms with Gasteiger partial charge in [0.2, 0.25) is 23.6 Å². The molecule has 18 heteroatoms. The van der Waals surface area contributed by atoms with Crippen molar-refractivity contribution in [1.82, 2.24) is 19.6 Å². The zero-order valence-electron chi connectivity index (χ0n) is 32.7. The number of likely N-dealkylation sites (tertiary alicyclic amines) is 2. The molecular formula is C41H46F6N4O8. The fourth-order valence-electron chi connectivity index (χ4n) is 12.4. The van der Waals surface area contributed by atoms with E-state index in [0.29, 0.717) is 0 Å². The van der Waals surface area contributed by atoms with Gasteiger partial charge in [0, 0.05) is 47.5 Å². The molecule has 320 valence electrons. The van der Waals surface area contributed by atoms with Crippen LogP contribution in [-0.4, -0.2) is 103 Å². The number of hydrogen-bond donors (Lipinski definition) is 0. The van der Waals surface area contributed by atoms with Crippen LogP contribution in [0.3, 0.4) is 0 Å². The van der Waals surface area contributed by atoms with Crippen LogP contribution >= 0.6 is 0 Å². The largest absolute Gasteiger partial charge is 0.403 e. The van der Waals surface area contributed by atoms with Crippen molar-refractivity contribution in [2.75, 3.05) is 0 Å². The summed E-state index contributed by atoms with van der Waals surface area (Å²) in [5.41, 5.74) is -3.75. The molecule has 0 bridgehead atoms. The third-order valence-electron chi connectivity index (χ3n) is 15.2. The first-order chi connectivity index (χ1) is 27.7. The molecule has 4 aliphatic carbocycles. The van der Waals surface area contributed by atoms with Crippen LogP contribution in [0.25, 0.3) is 0 Å². The Morgan fingerprint density at radius 1 is 0.424 bits per heavy atom. The van der Waals surface area contributed by atoms with Gasteiger partial charge < -0.3 is 0 Å². The standard InChI is InChI=1S/C41H46F6N4O8/c1-19-15-31(52)48(33(19)54)23-5-9-25(10-6-23)50-35(56)27-13-3-21(17-29(27)37(50)58)39(40(42,43)44,41(45,46)47)22-4-14-28-30(18-22)38(59)51(36(28)57)26-11-7-24(8-12-26)49-32(53)16-20(2)34(49)55/h15-16,21-30H,3-14,17-18H2,1-2H3. The zero-order valence-corrected chi connectivity index (χ0v) is 32.7. The van der Waals surface area contributed by atoms with Crippen molar-refractivity contribution in [3.63, 3.8) is 0 Å². The second-order valence-corrected chi connectivity index (χ2v) is 18.0. The number of alkyl halides is 6. The van der Waals surface area contributed by atoms with E-state index in [1.165, 1.54) is 26.0 Å². The molecule has 0 aromatic rings. The highest BCUT2D eigenvalue weighted by Gasteiger charge is 2.78. The molecule has 0 aromatic carbocycles. The maximum Gasteiger partial charge on any atom is 0.403 e. The minimum atomic E-state index is -5.86. The van der Waals surface area contributed by atoms with Gasteiger partial charge in [0.05, 0.1) is 23.7 Å². The normalized spacial score (nSPS) is 36.2. The molecule has 6 fully saturated rings. The van der Waals surface area contributed by atoms with Crippen molar-refractivity contribution in [1.29, 1.82) is 0 Å². The number of halogens is 6. The minimum absolute atomic E-state index is 0.209. The SMILES string of the molecule is CC1=CC(=O)N(C2CCC(N3C(=O)C4CCC(C(C5CCC6C(=O)N(C7CCC(N8C(=O)C=C(C)C8=O)CC7)C(=O)C6C5)(C(F)(F)F)C(F)(F)F)CC4C3=O)CC2)C1=O. The summed E-state index contributed by atoms with van der Waals surface area (Å²) < 4.78 is 93.3. The van der Waals surface area contributed by atoms with Crippen LogP contribution < -0.4 is 0 Å². The van der Waals surface area contributed by atoms with Gasteiger partial charge in [0.15, 0.2) is 5.41 Å². The van der Waals surface area contributed by atoms with Gasteiger partial charge in [-0.1, -0.05) is 0 Å². The number of carbonyl (C=O) groups is 8. The second-order valence-electron chi connectivity index (χ2n) is 18.0. The fourth-order valence-corrected chi connectivity index (χ4v) is 12.4. The van der Waals surface area contributed by atoms with Crippen LogP contribution in [0.15, 0.2) is 23.3 Å². The monoisotopic (exact) mass is 836 g/mol. The lowest BCUT2D eigenvalue weighted by molar-refractivity contribution is -0.383. The number of rotatable bonds is 6. The maximum absolute atomic E-state index is 15.5. The molecule has 8 rings (SSSR count). The molecule has 8 aliphatic rings. The van der Waals surface area contributed by atoms with E-state index in [9.17, 15) is 38.4 Å². The first-order valence-corrected chi connectivity index (χ1v) is 20.7. The summed E-state index contributed by atoms with van der Waals surface area (Å²) in [4.78, 5) is 109. The third kappa shape index (κ3) is 6.22. The van der Waals surface area contributed by atoms with Crippen molar-refractivity contribution in [2.24, 2.45) is 40.9 Å². The molecule has 0 radical (unpaired) electrons. The summed E-state index contributed by atoms with van der Waals surface area (Å²) in [6.45, 7) is 3.03. The lowest BCUT2D eigenvalue weighted by Crippen LogP contribution is -2.61. The topological polar surface area (TPSA) is 150 Å². The van der Waals surface area contributed by atoms with Crippen molar-refractivity contribution >= 4 is 47.3 Å². The number of imide groups is 4. The molecule has 12 nitrogen and oxygen atoms in total. The quantitative estimate of drug-likeness (QED) is 0.264. The molecule has 6 atom stereocenters. The molecule has 59 heavy (non-hydrogen) atoms. The average molecular weight is 837 g/mol. The van der Waals surface area contributed by atoms with Crippen LogP contribution in [0.5, 0.6) is 0 Å². The summed E-state index contributed by atoms with van der Waals surface area (Å²) in [5, 5.41) is 0. The number of carbonyl (C=O) groups excluding carboxylic acids is 8. The number of hydrogen-bond acceptors (Lipinski definition) is 8. The highest BCUT2D eigenvalue weighted by atomic mass is 19.4. The highest BCUT2D eigenvalue weighted by molar-refractivity contribution is 6.17. The first-order valence-electron chi connectivity index (χ1n) is 20.7. The van der Waals surface area contributed by atoms with Gasteiger partial charge in [-0.15, -0.1) is 0 Å². The van der Waals surface area contributed by atoms with Gasteiger partial charge in [-0.05, 0) is 116 Å². The smallest absolute Gasteiger partial charge is 0.279 e. The number of amides is 8. The summed E-state index contributed by atoms with van der Waals surface area (Å²) in [6.07, 6.45) is -11.0. The Balaban J connectivity index is 0.977. The zero-order chi connectivity index (χ0) is 42.7. The highest BCUT2D eigenvalue weighted by Crippen LogP contribution is 2.67. The molecule has 6 unspecified atom stereocenters. The maximum atomic E-state index is 15.5. The Hall–Kier alpha value is -4.38. The van der Waals surface area contributed by atoms with Gasteiger partial charge in [-0.3, -0.25) is 58.0 Å². The van der Waals surface area contributed by atoms with Gasteiger partial charge in [0.25, 0.3) is 23.6 Å². The molecule has 4 aliphatic heterocycles. The van der Waals surface area contributed by atoms with E-state index < -0.39 is 150 Å². The molecule has 4 saturated carbocycles.